The second-order valence-corrected chi connectivity index (χ2v) is 8.97. The summed E-state index contributed by atoms with van der Waals surface area (Å²) in [5.41, 5.74) is 3.78. The molecule has 182 valence electrons. The quantitative estimate of drug-likeness (QED) is 0.277. The van der Waals surface area contributed by atoms with Crippen LogP contribution in [-0.2, 0) is 14.4 Å². The molecule has 1 fully saturated rings. The van der Waals surface area contributed by atoms with Crippen LogP contribution in [0, 0.1) is 13.8 Å². The number of halogens is 1. The van der Waals surface area contributed by atoms with Gasteiger partial charge in [-0.25, -0.2) is 0 Å². The predicted molar refractivity (Wildman–Crippen MR) is 144 cm³/mol. The maximum Gasteiger partial charge on any atom is 0.270 e. The van der Waals surface area contributed by atoms with Gasteiger partial charge in [-0.05, 0) is 91.3 Å². The van der Waals surface area contributed by atoms with Gasteiger partial charge in [0, 0.05) is 10.7 Å². The summed E-state index contributed by atoms with van der Waals surface area (Å²) in [7, 11) is 0. The number of thiocarbonyl (C=S) groups is 1. The van der Waals surface area contributed by atoms with E-state index in [1.54, 1.807) is 48.5 Å². The number of nitrogens with one attached hydrogen (secondary N) is 2. The lowest BCUT2D eigenvalue weighted by atomic mass is 10.1. The van der Waals surface area contributed by atoms with Crippen LogP contribution in [0.4, 0.5) is 11.4 Å². The van der Waals surface area contributed by atoms with Gasteiger partial charge in [-0.2, -0.15) is 0 Å². The molecule has 0 aromatic heterocycles. The number of ether oxygens (including phenoxy) is 1. The zero-order valence-corrected chi connectivity index (χ0v) is 21.1. The average Bonchev–Trinajstić information content (AvgIpc) is 2.83. The van der Waals surface area contributed by atoms with Gasteiger partial charge in [-0.15, -0.1) is 0 Å². The molecule has 0 radical (unpaired) electrons. The lowest BCUT2D eigenvalue weighted by molar-refractivity contribution is -0.122. The van der Waals surface area contributed by atoms with Crippen LogP contribution in [0.1, 0.15) is 16.7 Å². The molecular formula is C27H22ClN3O4S. The minimum absolute atomic E-state index is 0.0312. The molecule has 4 rings (SSSR count). The Hall–Kier alpha value is -4.01. The molecule has 7 nitrogen and oxygen atoms in total. The van der Waals surface area contributed by atoms with Crippen LogP contribution >= 0.6 is 23.8 Å². The van der Waals surface area contributed by atoms with Crippen LogP contribution in [0.25, 0.3) is 6.08 Å². The summed E-state index contributed by atoms with van der Waals surface area (Å²) in [5, 5.41) is 5.73. The zero-order valence-electron chi connectivity index (χ0n) is 19.5. The molecule has 0 saturated carbocycles. The van der Waals surface area contributed by atoms with E-state index in [4.69, 9.17) is 28.6 Å². The van der Waals surface area contributed by atoms with E-state index in [0.29, 0.717) is 27.7 Å². The molecule has 36 heavy (non-hydrogen) atoms. The van der Waals surface area contributed by atoms with Gasteiger partial charge >= 0.3 is 0 Å². The number of aryl methyl sites for hydroxylation is 2. The number of hydrogen-bond donors (Lipinski definition) is 2. The molecule has 0 aliphatic carbocycles. The van der Waals surface area contributed by atoms with E-state index >= 15 is 0 Å². The van der Waals surface area contributed by atoms with Crippen molar-refractivity contribution in [1.82, 2.24) is 5.32 Å². The van der Waals surface area contributed by atoms with Crippen molar-refractivity contribution in [2.45, 2.75) is 13.8 Å². The van der Waals surface area contributed by atoms with E-state index < -0.39 is 11.8 Å². The van der Waals surface area contributed by atoms with Gasteiger partial charge < -0.3 is 10.1 Å². The molecule has 0 spiro atoms. The smallest absolute Gasteiger partial charge is 0.270 e. The monoisotopic (exact) mass is 519 g/mol. The van der Waals surface area contributed by atoms with Gasteiger partial charge in [-0.3, -0.25) is 24.6 Å². The van der Waals surface area contributed by atoms with E-state index in [2.05, 4.69) is 10.6 Å². The van der Waals surface area contributed by atoms with Crippen LogP contribution in [0.2, 0.25) is 5.02 Å². The predicted octanol–water partition coefficient (Wildman–Crippen LogP) is 4.81. The maximum absolute atomic E-state index is 13.2. The first-order chi connectivity index (χ1) is 17.2. The average molecular weight is 520 g/mol. The number of nitrogens with zero attached hydrogens (tertiary/aromatic N) is 1. The number of carbonyl (C=O) groups excluding carboxylic acids is 3. The van der Waals surface area contributed by atoms with E-state index in [1.807, 2.05) is 32.0 Å². The molecule has 3 amide bonds. The minimum Gasteiger partial charge on any atom is -0.484 e. The highest BCUT2D eigenvalue weighted by Gasteiger charge is 2.34. The number of rotatable bonds is 6. The van der Waals surface area contributed by atoms with Crippen molar-refractivity contribution in [3.05, 3.63) is 94.0 Å². The zero-order chi connectivity index (χ0) is 25.8. The van der Waals surface area contributed by atoms with Crippen LogP contribution in [0.3, 0.4) is 0 Å². The first kappa shape index (κ1) is 25.1. The van der Waals surface area contributed by atoms with E-state index in [1.165, 1.54) is 11.0 Å². The van der Waals surface area contributed by atoms with Crippen molar-refractivity contribution in [1.29, 1.82) is 0 Å². The topological polar surface area (TPSA) is 87.7 Å². The summed E-state index contributed by atoms with van der Waals surface area (Å²) in [6, 6.07) is 19.0. The van der Waals surface area contributed by atoms with E-state index in [9.17, 15) is 14.4 Å². The molecule has 3 aromatic carbocycles. The summed E-state index contributed by atoms with van der Waals surface area (Å²) in [6.45, 7) is 3.77. The lowest BCUT2D eigenvalue weighted by Crippen LogP contribution is -2.54. The highest BCUT2D eigenvalue weighted by molar-refractivity contribution is 7.80. The van der Waals surface area contributed by atoms with Gasteiger partial charge in [0.25, 0.3) is 17.7 Å². The Kier molecular flexibility index (Phi) is 7.47. The van der Waals surface area contributed by atoms with Gasteiger partial charge in [-0.1, -0.05) is 35.9 Å². The minimum atomic E-state index is -0.609. The van der Waals surface area contributed by atoms with Crippen LogP contribution in [-0.4, -0.2) is 29.4 Å². The van der Waals surface area contributed by atoms with Gasteiger partial charge in [0.2, 0.25) is 0 Å². The molecule has 9 heteroatoms. The molecule has 1 saturated heterocycles. The Balaban J connectivity index is 1.48. The first-order valence-corrected chi connectivity index (χ1v) is 11.8. The summed E-state index contributed by atoms with van der Waals surface area (Å²) < 4.78 is 5.63. The fourth-order valence-electron chi connectivity index (χ4n) is 3.53. The normalized spacial score (nSPS) is 14.6. The summed E-state index contributed by atoms with van der Waals surface area (Å²) in [5.74, 6) is -1.09. The van der Waals surface area contributed by atoms with Gasteiger partial charge in [0.1, 0.15) is 11.3 Å². The van der Waals surface area contributed by atoms with Crippen molar-refractivity contribution < 1.29 is 19.1 Å². The molecule has 1 heterocycles. The number of amides is 3. The molecular weight excluding hydrogens is 498 g/mol. The summed E-state index contributed by atoms with van der Waals surface area (Å²) in [4.78, 5) is 39.3. The van der Waals surface area contributed by atoms with E-state index in [0.717, 1.165) is 11.1 Å². The number of hydrogen-bond acceptors (Lipinski definition) is 5. The standard InChI is InChI=1S/C27H22ClN3O4S/c1-16-9-10-20(11-17(16)2)29-24(32)15-35-22-8-3-5-18(12-22)13-23-25(33)30-27(36)31(26(23)34)21-7-4-6-19(28)14-21/h3-14H,15H2,1-2H3,(H,29,32)(H,30,33,36)/b23-13+. The van der Waals surface area contributed by atoms with Crippen molar-refractivity contribution in [3.63, 3.8) is 0 Å². The van der Waals surface area contributed by atoms with Gasteiger partial charge in [0.05, 0.1) is 5.69 Å². The lowest BCUT2D eigenvalue weighted by Gasteiger charge is -2.29. The first-order valence-electron chi connectivity index (χ1n) is 11.0. The Labute approximate surface area is 218 Å². The Morgan fingerprint density at radius 3 is 2.58 bits per heavy atom. The highest BCUT2D eigenvalue weighted by Crippen LogP contribution is 2.25. The second-order valence-electron chi connectivity index (χ2n) is 8.15. The Morgan fingerprint density at radius 1 is 1.06 bits per heavy atom. The third-order valence-corrected chi connectivity index (χ3v) is 6.02. The molecule has 1 aliphatic rings. The second kappa shape index (κ2) is 10.7. The van der Waals surface area contributed by atoms with Crippen LogP contribution in [0.15, 0.2) is 72.3 Å². The van der Waals surface area contributed by atoms with Crippen molar-refractivity contribution in [2.75, 3.05) is 16.8 Å². The summed E-state index contributed by atoms with van der Waals surface area (Å²) in [6.07, 6.45) is 1.44. The Morgan fingerprint density at radius 2 is 1.83 bits per heavy atom. The molecule has 0 atom stereocenters. The van der Waals surface area contributed by atoms with Gasteiger partial charge in [0.15, 0.2) is 11.7 Å². The SMILES string of the molecule is Cc1ccc(NC(=O)COc2cccc(/C=C3\C(=O)NC(=S)N(c4cccc(Cl)c4)C3=O)c2)cc1C. The fourth-order valence-corrected chi connectivity index (χ4v) is 4.00. The molecule has 1 aliphatic heterocycles. The third-order valence-electron chi connectivity index (χ3n) is 5.50. The van der Waals surface area contributed by atoms with Crippen LogP contribution in [0.5, 0.6) is 5.75 Å². The Bertz CT molecular complexity index is 1420. The fraction of sp³-hybridized carbons (Fsp3) is 0.111. The summed E-state index contributed by atoms with van der Waals surface area (Å²) >= 11 is 11.3. The maximum atomic E-state index is 13.2. The van der Waals surface area contributed by atoms with Crippen molar-refractivity contribution >= 4 is 64.1 Å². The highest BCUT2D eigenvalue weighted by atomic mass is 35.5. The third kappa shape index (κ3) is 5.79. The number of benzene rings is 3. The van der Waals surface area contributed by atoms with Crippen molar-refractivity contribution in [3.8, 4) is 5.75 Å². The van der Waals surface area contributed by atoms with Crippen LogP contribution < -0.4 is 20.3 Å². The molecule has 0 bridgehead atoms. The largest absolute Gasteiger partial charge is 0.484 e. The number of anilines is 2. The molecule has 3 aromatic rings. The number of carbonyl (C=O) groups is 3. The van der Waals surface area contributed by atoms with Crippen molar-refractivity contribution in [2.24, 2.45) is 0 Å². The van der Waals surface area contributed by atoms with E-state index in [-0.39, 0.29) is 23.2 Å². The molecule has 0 unspecified atom stereocenters. The molecule has 2 N–H and O–H groups in total.